The standard InChI is InChI=1S/C24H30N4O3/c1-23(2,3)31-22(29)27-9-7-24(8-10-27)13-18(24)21-26-19-5-4-16(14-25)12-20(19)28(21)15-17-6-11-30-17/h4-5,12,17-18H,6-11,13,15H2,1-3H3/t17-,18?/m0/s1. The summed E-state index contributed by atoms with van der Waals surface area (Å²) in [6.07, 6.45) is 4.14. The van der Waals surface area contributed by atoms with Crippen LogP contribution in [0.4, 0.5) is 4.79 Å². The summed E-state index contributed by atoms with van der Waals surface area (Å²) in [5.74, 6) is 1.51. The Morgan fingerprint density at radius 1 is 1.35 bits per heavy atom. The Balaban J connectivity index is 1.36. The smallest absolute Gasteiger partial charge is 0.410 e. The average Bonchev–Trinajstić information content (AvgIpc) is 3.25. The van der Waals surface area contributed by atoms with E-state index < -0.39 is 5.60 Å². The van der Waals surface area contributed by atoms with Crippen LogP contribution in [0.25, 0.3) is 11.0 Å². The number of hydrogen-bond donors (Lipinski definition) is 0. The number of ether oxygens (including phenoxy) is 2. The third-order valence-corrected chi connectivity index (χ3v) is 7.00. The molecule has 164 valence electrons. The van der Waals surface area contributed by atoms with Gasteiger partial charge in [-0.2, -0.15) is 5.26 Å². The first-order chi connectivity index (χ1) is 14.8. The number of fused-ring (bicyclic) bond motifs is 1. The Bertz CT molecular complexity index is 1050. The second-order valence-electron chi connectivity index (χ2n) is 10.3. The van der Waals surface area contributed by atoms with Gasteiger partial charge in [-0.1, -0.05) is 0 Å². The number of hydrogen-bond acceptors (Lipinski definition) is 5. The lowest BCUT2D eigenvalue weighted by Crippen LogP contribution is -2.42. The summed E-state index contributed by atoms with van der Waals surface area (Å²) in [5, 5.41) is 9.35. The van der Waals surface area contributed by atoms with Gasteiger partial charge >= 0.3 is 6.09 Å². The number of rotatable bonds is 3. The summed E-state index contributed by atoms with van der Waals surface area (Å²) in [7, 11) is 0. The molecule has 1 unspecified atom stereocenters. The lowest BCUT2D eigenvalue weighted by molar-refractivity contribution is -0.0590. The second kappa shape index (κ2) is 7.23. The number of imidazole rings is 1. The predicted molar refractivity (Wildman–Crippen MR) is 116 cm³/mol. The van der Waals surface area contributed by atoms with Gasteiger partial charge in [-0.3, -0.25) is 0 Å². The number of amides is 1. The van der Waals surface area contributed by atoms with E-state index in [0.29, 0.717) is 11.5 Å². The number of carbonyl (C=O) groups excluding carboxylic acids is 1. The normalized spacial score (nSPS) is 24.6. The highest BCUT2D eigenvalue weighted by Gasteiger charge is 2.58. The molecule has 7 heteroatoms. The minimum atomic E-state index is -0.467. The van der Waals surface area contributed by atoms with Crippen molar-refractivity contribution in [3.05, 3.63) is 29.6 Å². The molecule has 31 heavy (non-hydrogen) atoms. The van der Waals surface area contributed by atoms with Crippen LogP contribution in [-0.4, -0.2) is 51.9 Å². The molecule has 1 aliphatic carbocycles. The molecule has 7 nitrogen and oxygen atoms in total. The third-order valence-electron chi connectivity index (χ3n) is 7.00. The number of benzene rings is 1. The van der Waals surface area contributed by atoms with Crippen LogP contribution in [0, 0.1) is 16.7 Å². The SMILES string of the molecule is CC(C)(C)OC(=O)N1CCC2(CC1)CC2c1nc2ccc(C#N)cc2n1C[C@@H]1CCO1. The molecule has 1 saturated carbocycles. The average molecular weight is 423 g/mol. The topological polar surface area (TPSA) is 80.4 Å². The molecule has 0 N–H and O–H groups in total. The molecule has 2 saturated heterocycles. The molecule has 2 aliphatic heterocycles. The zero-order chi connectivity index (χ0) is 21.8. The molecule has 2 aromatic rings. The van der Waals surface area contributed by atoms with E-state index in [2.05, 4.69) is 10.6 Å². The molecule has 1 aromatic heterocycles. The second-order valence-corrected chi connectivity index (χ2v) is 10.3. The van der Waals surface area contributed by atoms with Crippen molar-refractivity contribution in [3.8, 4) is 6.07 Å². The molecule has 0 bridgehead atoms. The molecule has 5 rings (SSSR count). The lowest BCUT2D eigenvalue weighted by atomic mass is 9.90. The van der Waals surface area contributed by atoms with Crippen LogP contribution in [0.3, 0.4) is 0 Å². The van der Waals surface area contributed by atoms with E-state index in [9.17, 15) is 10.1 Å². The maximum absolute atomic E-state index is 12.4. The Morgan fingerprint density at radius 3 is 2.71 bits per heavy atom. The molecule has 1 amide bonds. The van der Waals surface area contributed by atoms with Gasteiger partial charge in [0, 0.05) is 25.6 Å². The summed E-state index contributed by atoms with van der Waals surface area (Å²) in [5.41, 5.74) is 2.38. The number of piperidine rings is 1. The lowest BCUT2D eigenvalue weighted by Gasteiger charge is -2.34. The number of nitrogens with zero attached hydrogens (tertiary/aromatic N) is 4. The van der Waals surface area contributed by atoms with Crippen molar-refractivity contribution in [2.75, 3.05) is 19.7 Å². The van der Waals surface area contributed by atoms with Crippen molar-refractivity contribution in [2.24, 2.45) is 5.41 Å². The van der Waals surface area contributed by atoms with Crippen LogP contribution in [0.1, 0.15) is 63.8 Å². The van der Waals surface area contributed by atoms with Gasteiger partial charge in [0.15, 0.2) is 0 Å². The predicted octanol–water partition coefficient (Wildman–Crippen LogP) is 4.20. The fourth-order valence-electron chi connectivity index (χ4n) is 5.03. The van der Waals surface area contributed by atoms with Gasteiger partial charge in [0.1, 0.15) is 11.4 Å². The minimum absolute atomic E-state index is 0.210. The van der Waals surface area contributed by atoms with Gasteiger partial charge in [0.2, 0.25) is 0 Å². The van der Waals surface area contributed by atoms with Gasteiger partial charge in [-0.25, -0.2) is 9.78 Å². The largest absolute Gasteiger partial charge is 0.444 e. The molecule has 1 spiro atoms. The van der Waals surface area contributed by atoms with Crippen LogP contribution >= 0.6 is 0 Å². The van der Waals surface area contributed by atoms with E-state index in [4.69, 9.17) is 14.5 Å². The Labute approximate surface area is 182 Å². The number of likely N-dealkylation sites (tertiary alicyclic amines) is 1. The fraction of sp³-hybridized carbons (Fsp3) is 0.625. The highest BCUT2D eigenvalue weighted by atomic mass is 16.6. The maximum Gasteiger partial charge on any atom is 0.410 e. The molecule has 0 radical (unpaired) electrons. The summed E-state index contributed by atoms with van der Waals surface area (Å²) in [4.78, 5) is 19.3. The van der Waals surface area contributed by atoms with E-state index in [1.807, 2.05) is 43.9 Å². The molecule has 3 fully saturated rings. The summed E-state index contributed by atoms with van der Waals surface area (Å²) in [6.45, 7) is 8.79. The molecule has 3 aliphatic rings. The fourth-order valence-corrected chi connectivity index (χ4v) is 5.03. The van der Waals surface area contributed by atoms with Gasteiger partial charge in [0.25, 0.3) is 0 Å². The monoisotopic (exact) mass is 422 g/mol. The molecular formula is C24H30N4O3. The molecule has 1 aromatic carbocycles. The highest BCUT2D eigenvalue weighted by Crippen LogP contribution is 2.64. The summed E-state index contributed by atoms with van der Waals surface area (Å²) in [6, 6.07) is 7.99. The first-order valence-electron chi connectivity index (χ1n) is 11.3. The van der Waals surface area contributed by atoms with Crippen LogP contribution in [0.5, 0.6) is 0 Å². The van der Waals surface area contributed by atoms with Gasteiger partial charge < -0.3 is 18.9 Å². The Kier molecular flexibility index (Phi) is 4.74. The van der Waals surface area contributed by atoms with Crippen LogP contribution in [-0.2, 0) is 16.0 Å². The Hall–Kier alpha value is -2.59. The van der Waals surface area contributed by atoms with Crippen molar-refractivity contribution in [1.29, 1.82) is 5.26 Å². The van der Waals surface area contributed by atoms with Crippen LogP contribution in [0.2, 0.25) is 0 Å². The van der Waals surface area contributed by atoms with Gasteiger partial charge in [0.05, 0.1) is 35.3 Å². The summed E-state index contributed by atoms with van der Waals surface area (Å²) < 4.78 is 13.6. The molecule has 2 atom stereocenters. The van der Waals surface area contributed by atoms with Crippen molar-refractivity contribution >= 4 is 17.1 Å². The first kappa shape index (κ1) is 20.3. The van der Waals surface area contributed by atoms with Crippen LogP contribution < -0.4 is 0 Å². The number of nitriles is 1. The highest BCUT2D eigenvalue weighted by molar-refractivity contribution is 5.78. The van der Waals surface area contributed by atoms with Crippen molar-refractivity contribution in [2.45, 2.75) is 70.6 Å². The van der Waals surface area contributed by atoms with E-state index in [1.54, 1.807) is 0 Å². The summed E-state index contributed by atoms with van der Waals surface area (Å²) >= 11 is 0. The third kappa shape index (κ3) is 3.78. The van der Waals surface area contributed by atoms with E-state index >= 15 is 0 Å². The number of carbonyl (C=O) groups is 1. The Morgan fingerprint density at radius 2 is 2.10 bits per heavy atom. The molecule has 3 heterocycles. The van der Waals surface area contributed by atoms with E-state index in [0.717, 1.165) is 68.8 Å². The van der Waals surface area contributed by atoms with Gasteiger partial charge in [-0.15, -0.1) is 0 Å². The van der Waals surface area contributed by atoms with E-state index in [-0.39, 0.29) is 17.6 Å². The first-order valence-corrected chi connectivity index (χ1v) is 11.3. The maximum atomic E-state index is 12.4. The van der Waals surface area contributed by atoms with E-state index in [1.165, 1.54) is 0 Å². The van der Waals surface area contributed by atoms with Crippen molar-refractivity contribution < 1.29 is 14.3 Å². The van der Waals surface area contributed by atoms with Gasteiger partial charge in [-0.05, 0) is 70.1 Å². The minimum Gasteiger partial charge on any atom is -0.444 e. The molecular weight excluding hydrogens is 392 g/mol. The van der Waals surface area contributed by atoms with Crippen LogP contribution in [0.15, 0.2) is 18.2 Å². The van der Waals surface area contributed by atoms with Crippen molar-refractivity contribution in [1.82, 2.24) is 14.5 Å². The number of aromatic nitrogens is 2. The quantitative estimate of drug-likeness (QED) is 0.740. The zero-order valence-corrected chi connectivity index (χ0v) is 18.6. The zero-order valence-electron chi connectivity index (χ0n) is 18.6. The van der Waals surface area contributed by atoms with Crippen molar-refractivity contribution in [3.63, 3.8) is 0 Å².